The molecule has 0 saturated heterocycles. The van der Waals surface area contributed by atoms with E-state index in [0.29, 0.717) is 6.54 Å². The Labute approximate surface area is 110 Å². The maximum absolute atomic E-state index is 8.93. The van der Waals surface area contributed by atoms with E-state index in [1.165, 1.54) is 41.5 Å². The number of nitrogens with zero attached hydrogens (tertiary/aromatic N) is 2. The van der Waals surface area contributed by atoms with Gasteiger partial charge in [0.2, 0.25) is 0 Å². The molecule has 4 nitrogen and oxygen atoms in total. The molecule has 0 spiro atoms. The minimum atomic E-state index is 0.123. The van der Waals surface area contributed by atoms with Crippen LogP contribution in [0.15, 0.2) is 6.33 Å². The normalized spacial score (nSPS) is 15.4. The van der Waals surface area contributed by atoms with Crippen LogP contribution in [0.4, 0.5) is 5.82 Å². The first-order valence-electron chi connectivity index (χ1n) is 6.50. The van der Waals surface area contributed by atoms with Gasteiger partial charge in [-0.15, -0.1) is 11.3 Å². The molecule has 1 aliphatic rings. The molecule has 1 aliphatic carbocycles. The molecule has 2 aromatic rings. The van der Waals surface area contributed by atoms with Gasteiger partial charge in [-0.3, -0.25) is 0 Å². The van der Waals surface area contributed by atoms with Crippen molar-refractivity contribution in [1.82, 2.24) is 9.97 Å². The standard InChI is InChI=1S/C13H17N3OS/c17-7-6-14-12-11-9-4-2-1-3-5-10(9)18-13(11)16-8-15-12/h8,17H,1-7H2,(H,14,15,16). The zero-order valence-corrected chi connectivity index (χ0v) is 11.1. The molecule has 0 fully saturated rings. The molecule has 0 amide bonds. The summed E-state index contributed by atoms with van der Waals surface area (Å²) in [5, 5.41) is 13.3. The molecule has 18 heavy (non-hydrogen) atoms. The summed E-state index contributed by atoms with van der Waals surface area (Å²) in [6.07, 6.45) is 7.78. The van der Waals surface area contributed by atoms with E-state index in [1.54, 1.807) is 6.33 Å². The second kappa shape index (κ2) is 5.20. The van der Waals surface area contributed by atoms with Gasteiger partial charge in [-0.05, 0) is 31.2 Å². The Morgan fingerprint density at radius 2 is 2.11 bits per heavy atom. The van der Waals surface area contributed by atoms with Gasteiger partial charge in [0.15, 0.2) is 0 Å². The summed E-state index contributed by atoms with van der Waals surface area (Å²) < 4.78 is 0. The van der Waals surface area contributed by atoms with Gasteiger partial charge in [0.25, 0.3) is 0 Å². The van der Waals surface area contributed by atoms with Gasteiger partial charge >= 0.3 is 0 Å². The zero-order chi connectivity index (χ0) is 12.4. The predicted octanol–water partition coefficient (Wildman–Crippen LogP) is 2.36. The van der Waals surface area contributed by atoms with E-state index in [4.69, 9.17) is 5.11 Å². The monoisotopic (exact) mass is 263 g/mol. The zero-order valence-electron chi connectivity index (χ0n) is 10.3. The van der Waals surface area contributed by atoms with E-state index in [9.17, 15) is 0 Å². The highest BCUT2D eigenvalue weighted by atomic mass is 32.1. The number of nitrogens with one attached hydrogen (secondary N) is 1. The van der Waals surface area contributed by atoms with Crippen molar-refractivity contribution in [2.24, 2.45) is 0 Å². The van der Waals surface area contributed by atoms with E-state index < -0.39 is 0 Å². The lowest BCUT2D eigenvalue weighted by Gasteiger charge is -2.06. The fourth-order valence-electron chi connectivity index (χ4n) is 2.58. The highest BCUT2D eigenvalue weighted by molar-refractivity contribution is 7.18. The maximum atomic E-state index is 8.93. The van der Waals surface area contributed by atoms with Crippen LogP contribution in [-0.4, -0.2) is 28.2 Å². The van der Waals surface area contributed by atoms with Gasteiger partial charge < -0.3 is 10.4 Å². The molecule has 5 heteroatoms. The number of aromatic nitrogens is 2. The summed E-state index contributed by atoms with van der Waals surface area (Å²) in [5.74, 6) is 0.883. The van der Waals surface area contributed by atoms with Crippen molar-refractivity contribution in [2.75, 3.05) is 18.5 Å². The van der Waals surface area contributed by atoms with Crippen LogP contribution in [0.2, 0.25) is 0 Å². The van der Waals surface area contributed by atoms with Crippen LogP contribution in [0.5, 0.6) is 0 Å². The van der Waals surface area contributed by atoms with Crippen molar-refractivity contribution in [2.45, 2.75) is 32.1 Å². The summed E-state index contributed by atoms with van der Waals surface area (Å²) in [4.78, 5) is 11.3. The molecule has 0 bridgehead atoms. The van der Waals surface area contributed by atoms with E-state index in [0.717, 1.165) is 17.1 Å². The molecule has 0 aromatic carbocycles. The van der Waals surface area contributed by atoms with Gasteiger partial charge in [0.05, 0.1) is 12.0 Å². The second-order valence-corrected chi connectivity index (χ2v) is 5.70. The van der Waals surface area contributed by atoms with Crippen molar-refractivity contribution in [1.29, 1.82) is 0 Å². The molecule has 96 valence electrons. The summed E-state index contributed by atoms with van der Waals surface area (Å²) in [6.45, 7) is 0.661. The molecule has 0 radical (unpaired) electrons. The van der Waals surface area contributed by atoms with Crippen LogP contribution < -0.4 is 5.32 Å². The van der Waals surface area contributed by atoms with E-state index in [2.05, 4.69) is 15.3 Å². The van der Waals surface area contributed by atoms with Crippen molar-refractivity contribution < 1.29 is 5.11 Å². The first kappa shape index (κ1) is 11.9. The third-order valence-electron chi connectivity index (χ3n) is 3.41. The van der Waals surface area contributed by atoms with Crippen LogP contribution in [0, 0.1) is 0 Å². The van der Waals surface area contributed by atoms with Crippen molar-refractivity contribution in [3.05, 3.63) is 16.8 Å². The number of thiophene rings is 1. The average Bonchev–Trinajstić information content (AvgIpc) is 2.59. The third-order valence-corrected chi connectivity index (χ3v) is 4.61. The lowest BCUT2D eigenvalue weighted by Crippen LogP contribution is -2.07. The largest absolute Gasteiger partial charge is 0.395 e. The number of rotatable bonds is 3. The van der Waals surface area contributed by atoms with Gasteiger partial charge in [0.1, 0.15) is 17.0 Å². The van der Waals surface area contributed by atoms with Crippen LogP contribution in [0.1, 0.15) is 29.7 Å². The van der Waals surface area contributed by atoms with E-state index in [-0.39, 0.29) is 6.61 Å². The lowest BCUT2D eigenvalue weighted by atomic mass is 10.1. The Balaban J connectivity index is 2.10. The Morgan fingerprint density at radius 3 is 3.00 bits per heavy atom. The SMILES string of the molecule is OCCNc1ncnc2sc3c(c12)CCCCC3. The number of aliphatic hydroxyl groups excluding tert-OH is 1. The smallest absolute Gasteiger partial charge is 0.138 e. The number of anilines is 1. The van der Waals surface area contributed by atoms with Crippen molar-refractivity contribution in [3.8, 4) is 0 Å². The minimum absolute atomic E-state index is 0.123. The van der Waals surface area contributed by atoms with Crippen LogP contribution in [0.3, 0.4) is 0 Å². The molecule has 3 rings (SSSR count). The topological polar surface area (TPSA) is 58.0 Å². The lowest BCUT2D eigenvalue weighted by molar-refractivity contribution is 0.311. The number of hydrogen-bond acceptors (Lipinski definition) is 5. The highest BCUT2D eigenvalue weighted by Gasteiger charge is 2.18. The maximum Gasteiger partial charge on any atom is 0.138 e. The molecular weight excluding hydrogens is 246 g/mol. The first-order valence-corrected chi connectivity index (χ1v) is 7.32. The van der Waals surface area contributed by atoms with Gasteiger partial charge in [-0.25, -0.2) is 9.97 Å². The molecular formula is C13H17N3OS. The summed E-state index contributed by atoms with van der Waals surface area (Å²) in [6, 6.07) is 0. The molecule has 0 atom stereocenters. The molecule has 2 aromatic heterocycles. The molecule has 0 unspecified atom stereocenters. The second-order valence-electron chi connectivity index (χ2n) is 4.62. The van der Waals surface area contributed by atoms with Crippen molar-refractivity contribution >= 4 is 27.4 Å². The highest BCUT2D eigenvalue weighted by Crippen LogP contribution is 2.37. The number of aliphatic hydroxyl groups is 1. The Hall–Kier alpha value is -1.20. The summed E-state index contributed by atoms with van der Waals surface area (Å²) in [7, 11) is 0. The average molecular weight is 263 g/mol. The molecule has 0 aliphatic heterocycles. The minimum Gasteiger partial charge on any atom is -0.395 e. The molecule has 2 N–H and O–H groups in total. The van der Waals surface area contributed by atoms with Crippen LogP contribution in [-0.2, 0) is 12.8 Å². The predicted molar refractivity (Wildman–Crippen MR) is 74.2 cm³/mol. The Morgan fingerprint density at radius 1 is 1.22 bits per heavy atom. The number of fused-ring (bicyclic) bond motifs is 3. The fraction of sp³-hybridized carbons (Fsp3) is 0.538. The Bertz CT molecular complexity index is 552. The van der Waals surface area contributed by atoms with E-state index in [1.807, 2.05) is 11.3 Å². The quantitative estimate of drug-likeness (QED) is 0.835. The van der Waals surface area contributed by atoms with E-state index >= 15 is 0 Å². The third kappa shape index (κ3) is 2.08. The molecule has 2 heterocycles. The van der Waals surface area contributed by atoms with Crippen molar-refractivity contribution in [3.63, 3.8) is 0 Å². The van der Waals surface area contributed by atoms with Crippen LogP contribution in [0.25, 0.3) is 10.2 Å². The number of aryl methyl sites for hydroxylation is 2. The van der Waals surface area contributed by atoms with Gasteiger partial charge in [0, 0.05) is 11.4 Å². The molecule has 0 saturated carbocycles. The van der Waals surface area contributed by atoms with Crippen LogP contribution >= 0.6 is 11.3 Å². The van der Waals surface area contributed by atoms with Gasteiger partial charge in [-0.2, -0.15) is 0 Å². The first-order chi connectivity index (χ1) is 8.90. The summed E-state index contributed by atoms with van der Waals surface area (Å²) >= 11 is 1.81. The van der Waals surface area contributed by atoms with Gasteiger partial charge in [-0.1, -0.05) is 6.42 Å². The summed E-state index contributed by atoms with van der Waals surface area (Å²) in [5.41, 5.74) is 1.44. The Kier molecular flexibility index (Phi) is 3.43. The fourth-order valence-corrected chi connectivity index (χ4v) is 3.80. The number of hydrogen-bond donors (Lipinski definition) is 2.